The highest BCUT2D eigenvalue weighted by atomic mass is 32.2. The highest BCUT2D eigenvalue weighted by molar-refractivity contribution is 8.00. The molecule has 1 aliphatic rings. The summed E-state index contributed by atoms with van der Waals surface area (Å²) < 4.78 is 0. The van der Waals surface area contributed by atoms with E-state index in [4.69, 9.17) is 0 Å². The fourth-order valence-corrected chi connectivity index (χ4v) is 4.46. The van der Waals surface area contributed by atoms with Crippen LogP contribution in [0.4, 0.5) is 0 Å². The summed E-state index contributed by atoms with van der Waals surface area (Å²) in [5.74, 6) is 0.873. The molecule has 3 unspecified atom stereocenters. The lowest BCUT2D eigenvalue weighted by atomic mass is 9.87. The second-order valence-electron chi connectivity index (χ2n) is 5.74. The van der Waals surface area contributed by atoms with Crippen LogP contribution in [0.2, 0.25) is 0 Å². The second kappa shape index (κ2) is 6.12. The van der Waals surface area contributed by atoms with Gasteiger partial charge in [-0.25, -0.2) is 0 Å². The normalized spacial score (nSPS) is 28.3. The Morgan fingerprint density at radius 3 is 2.67 bits per heavy atom. The van der Waals surface area contributed by atoms with Crippen molar-refractivity contribution in [2.45, 2.75) is 56.2 Å². The van der Waals surface area contributed by atoms with Crippen LogP contribution in [0.3, 0.4) is 0 Å². The second-order valence-corrected chi connectivity index (χ2v) is 7.02. The SMILES string of the molecule is CNC1CCC(C)CC1Sc1ccc(C)cc1C. The maximum atomic E-state index is 3.50. The van der Waals surface area contributed by atoms with Gasteiger partial charge >= 0.3 is 0 Å². The van der Waals surface area contributed by atoms with Crippen molar-refractivity contribution in [3.63, 3.8) is 0 Å². The molecule has 2 rings (SSSR count). The van der Waals surface area contributed by atoms with Crippen molar-refractivity contribution in [1.82, 2.24) is 5.32 Å². The third-order valence-electron chi connectivity index (χ3n) is 4.03. The Labute approximate surface area is 116 Å². The fraction of sp³-hybridized carbons (Fsp3) is 0.625. The van der Waals surface area contributed by atoms with Crippen LogP contribution in [-0.2, 0) is 0 Å². The molecule has 2 heteroatoms. The Hall–Kier alpha value is -0.470. The summed E-state index contributed by atoms with van der Waals surface area (Å²) in [6.07, 6.45) is 4.03. The van der Waals surface area contributed by atoms with Crippen LogP contribution in [0.5, 0.6) is 0 Å². The van der Waals surface area contributed by atoms with Crippen LogP contribution < -0.4 is 5.32 Å². The van der Waals surface area contributed by atoms with Crippen molar-refractivity contribution in [3.8, 4) is 0 Å². The number of rotatable bonds is 3. The van der Waals surface area contributed by atoms with Gasteiger partial charge in [0.05, 0.1) is 0 Å². The molecular formula is C16H25NS. The molecule has 0 radical (unpaired) electrons. The average Bonchev–Trinajstić information content (AvgIpc) is 2.33. The number of hydrogen-bond donors (Lipinski definition) is 1. The standard InChI is InChI=1S/C16H25NS/c1-11-6-8-15(13(3)9-11)18-16-10-12(2)5-7-14(16)17-4/h6,8-9,12,14,16-17H,5,7,10H2,1-4H3. The van der Waals surface area contributed by atoms with Gasteiger partial charge in [-0.1, -0.05) is 24.6 Å². The zero-order valence-corrected chi connectivity index (χ0v) is 12.8. The first-order valence-electron chi connectivity index (χ1n) is 7.01. The van der Waals surface area contributed by atoms with Crippen LogP contribution in [0.25, 0.3) is 0 Å². The summed E-state index contributed by atoms with van der Waals surface area (Å²) in [5.41, 5.74) is 2.78. The molecule has 0 heterocycles. The quantitative estimate of drug-likeness (QED) is 0.878. The minimum absolute atomic E-state index is 0.673. The molecule has 0 aromatic heterocycles. The van der Waals surface area contributed by atoms with Gasteiger partial charge in [0.2, 0.25) is 0 Å². The van der Waals surface area contributed by atoms with E-state index in [1.807, 2.05) is 0 Å². The van der Waals surface area contributed by atoms with E-state index in [9.17, 15) is 0 Å². The smallest absolute Gasteiger partial charge is 0.0250 e. The Morgan fingerprint density at radius 2 is 2.00 bits per heavy atom. The first-order valence-corrected chi connectivity index (χ1v) is 7.89. The Kier molecular flexibility index (Phi) is 4.74. The van der Waals surface area contributed by atoms with Gasteiger partial charge in [0, 0.05) is 16.2 Å². The van der Waals surface area contributed by atoms with Crippen molar-refractivity contribution in [2.24, 2.45) is 5.92 Å². The fourth-order valence-electron chi connectivity index (χ4n) is 2.88. The number of hydrogen-bond acceptors (Lipinski definition) is 2. The predicted octanol–water partition coefficient (Wildman–Crippen LogP) is 4.17. The van der Waals surface area contributed by atoms with E-state index >= 15 is 0 Å². The molecule has 0 spiro atoms. The molecular weight excluding hydrogens is 238 g/mol. The zero-order valence-electron chi connectivity index (χ0n) is 12.0. The molecule has 1 nitrogen and oxygen atoms in total. The minimum Gasteiger partial charge on any atom is -0.316 e. The third kappa shape index (κ3) is 3.30. The summed E-state index contributed by atoms with van der Waals surface area (Å²) in [7, 11) is 2.11. The van der Waals surface area contributed by atoms with Crippen LogP contribution in [-0.4, -0.2) is 18.3 Å². The molecule has 1 saturated carbocycles. The van der Waals surface area contributed by atoms with E-state index in [-0.39, 0.29) is 0 Å². The molecule has 0 amide bonds. The van der Waals surface area contributed by atoms with Crippen molar-refractivity contribution in [2.75, 3.05) is 7.05 Å². The van der Waals surface area contributed by atoms with Gasteiger partial charge in [-0.2, -0.15) is 0 Å². The highest BCUT2D eigenvalue weighted by Gasteiger charge is 2.28. The Bertz CT molecular complexity index is 402. The van der Waals surface area contributed by atoms with Crippen molar-refractivity contribution in [3.05, 3.63) is 29.3 Å². The molecule has 3 atom stereocenters. The van der Waals surface area contributed by atoms with Crippen LogP contribution >= 0.6 is 11.8 Å². The summed E-state index contributed by atoms with van der Waals surface area (Å²) in [5, 5.41) is 4.23. The van der Waals surface area contributed by atoms with E-state index in [0.717, 1.165) is 11.2 Å². The molecule has 1 aromatic rings. The maximum absolute atomic E-state index is 3.50. The van der Waals surface area contributed by atoms with Gasteiger partial charge in [-0.05, 0) is 57.7 Å². The van der Waals surface area contributed by atoms with Gasteiger partial charge in [0.25, 0.3) is 0 Å². The van der Waals surface area contributed by atoms with Crippen LogP contribution in [0.1, 0.15) is 37.3 Å². The van der Waals surface area contributed by atoms with Crippen LogP contribution in [0.15, 0.2) is 23.1 Å². The van der Waals surface area contributed by atoms with E-state index in [2.05, 4.69) is 63.1 Å². The summed E-state index contributed by atoms with van der Waals surface area (Å²) in [4.78, 5) is 1.46. The van der Waals surface area contributed by atoms with Gasteiger partial charge in [-0.15, -0.1) is 11.8 Å². The van der Waals surface area contributed by atoms with Gasteiger partial charge in [0.1, 0.15) is 0 Å². The molecule has 1 N–H and O–H groups in total. The lowest BCUT2D eigenvalue weighted by Crippen LogP contribution is -2.40. The summed E-state index contributed by atoms with van der Waals surface area (Å²) in [6, 6.07) is 7.49. The summed E-state index contributed by atoms with van der Waals surface area (Å²) >= 11 is 2.07. The summed E-state index contributed by atoms with van der Waals surface area (Å²) in [6.45, 7) is 6.79. The van der Waals surface area contributed by atoms with E-state index in [0.29, 0.717) is 6.04 Å². The van der Waals surface area contributed by atoms with E-state index < -0.39 is 0 Å². The maximum Gasteiger partial charge on any atom is 0.0250 e. The molecule has 1 fully saturated rings. The number of thioether (sulfide) groups is 1. The molecule has 0 bridgehead atoms. The van der Waals surface area contributed by atoms with Crippen molar-refractivity contribution in [1.29, 1.82) is 0 Å². The van der Waals surface area contributed by atoms with Crippen LogP contribution in [0, 0.1) is 19.8 Å². The lowest BCUT2D eigenvalue weighted by Gasteiger charge is -2.34. The third-order valence-corrected chi connectivity index (χ3v) is 5.57. The molecule has 18 heavy (non-hydrogen) atoms. The first kappa shape index (κ1) is 14.0. The predicted molar refractivity (Wildman–Crippen MR) is 81.4 cm³/mol. The van der Waals surface area contributed by atoms with Crippen molar-refractivity contribution < 1.29 is 0 Å². The largest absolute Gasteiger partial charge is 0.316 e. The van der Waals surface area contributed by atoms with E-state index in [1.165, 1.54) is 35.3 Å². The minimum atomic E-state index is 0.673. The number of benzene rings is 1. The van der Waals surface area contributed by atoms with Gasteiger partial charge < -0.3 is 5.32 Å². The highest BCUT2D eigenvalue weighted by Crippen LogP contribution is 2.37. The monoisotopic (exact) mass is 263 g/mol. The Morgan fingerprint density at radius 1 is 1.22 bits per heavy atom. The van der Waals surface area contributed by atoms with Gasteiger partial charge in [0.15, 0.2) is 0 Å². The topological polar surface area (TPSA) is 12.0 Å². The van der Waals surface area contributed by atoms with E-state index in [1.54, 1.807) is 0 Å². The average molecular weight is 263 g/mol. The van der Waals surface area contributed by atoms with Crippen molar-refractivity contribution >= 4 is 11.8 Å². The lowest BCUT2D eigenvalue weighted by molar-refractivity contribution is 0.329. The molecule has 1 aromatic carbocycles. The number of aryl methyl sites for hydroxylation is 2. The molecule has 0 aliphatic heterocycles. The molecule has 100 valence electrons. The number of nitrogens with one attached hydrogen (secondary N) is 1. The Balaban J connectivity index is 2.10. The first-order chi connectivity index (χ1) is 8.60. The molecule has 1 aliphatic carbocycles. The van der Waals surface area contributed by atoms with Gasteiger partial charge in [-0.3, -0.25) is 0 Å². The molecule has 0 saturated heterocycles. The zero-order chi connectivity index (χ0) is 13.1.